The largest absolute Gasteiger partial charge is 0.507 e. The van der Waals surface area contributed by atoms with Gasteiger partial charge in [0, 0.05) is 11.1 Å². The van der Waals surface area contributed by atoms with E-state index < -0.39 is 0 Å². The number of hydrogen-bond acceptors (Lipinski definition) is 1. The molecule has 1 heterocycles. The van der Waals surface area contributed by atoms with Crippen molar-refractivity contribution in [1.82, 2.24) is 0 Å². The second-order valence-electron chi connectivity index (χ2n) is 9.56. The Bertz CT molecular complexity index is 558. The lowest BCUT2D eigenvalue weighted by molar-refractivity contribution is -1.02. The Morgan fingerprint density at radius 3 is 1.88 bits per heavy atom. The van der Waals surface area contributed by atoms with Gasteiger partial charge in [-0.15, -0.1) is 0 Å². The number of quaternary nitrogens is 2. The molecule has 2 rings (SSSR count). The van der Waals surface area contributed by atoms with E-state index in [0.717, 1.165) is 17.7 Å². The number of phenols is 1. The third-order valence-electron chi connectivity index (χ3n) is 5.47. The van der Waals surface area contributed by atoms with Gasteiger partial charge >= 0.3 is 0 Å². The first-order valence-electron chi connectivity index (χ1n) is 9.56. The summed E-state index contributed by atoms with van der Waals surface area (Å²) >= 11 is 0. The smallest absolute Gasteiger partial charge is 0.128 e. The van der Waals surface area contributed by atoms with Crippen molar-refractivity contribution in [2.24, 2.45) is 0 Å². The highest BCUT2D eigenvalue weighted by Crippen LogP contribution is 2.37. The summed E-state index contributed by atoms with van der Waals surface area (Å²) in [5.41, 5.74) is 3.60. The summed E-state index contributed by atoms with van der Waals surface area (Å²) < 4.78 is 0. The van der Waals surface area contributed by atoms with Crippen LogP contribution >= 0.6 is 0 Å². The average Bonchev–Trinajstić information content (AvgIpc) is 2.47. The van der Waals surface area contributed by atoms with Gasteiger partial charge in [-0.3, -0.25) is 0 Å². The molecule has 0 amide bonds. The third kappa shape index (κ3) is 4.52. The Labute approximate surface area is 148 Å². The molecule has 136 valence electrons. The molecule has 3 N–H and O–H groups in total. The van der Waals surface area contributed by atoms with Crippen molar-refractivity contribution in [2.45, 2.75) is 65.8 Å². The highest BCUT2D eigenvalue weighted by atomic mass is 16.3. The molecule has 3 nitrogen and oxygen atoms in total. The van der Waals surface area contributed by atoms with E-state index in [1.54, 1.807) is 9.80 Å². The van der Waals surface area contributed by atoms with E-state index in [4.69, 9.17) is 0 Å². The summed E-state index contributed by atoms with van der Waals surface area (Å²) in [5.74, 6) is 0.522. The maximum absolute atomic E-state index is 10.9. The quantitative estimate of drug-likeness (QED) is 0.764. The second kappa shape index (κ2) is 7.05. The van der Waals surface area contributed by atoms with Crippen LogP contribution in [0.3, 0.4) is 0 Å². The molecule has 0 aliphatic carbocycles. The zero-order valence-corrected chi connectivity index (χ0v) is 16.8. The number of benzene rings is 1. The van der Waals surface area contributed by atoms with Crippen molar-refractivity contribution in [3.8, 4) is 5.75 Å². The molecule has 1 fully saturated rings. The van der Waals surface area contributed by atoms with Crippen LogP contribution in [0.1, 0.15) is 65.2 Å². The van der Waals surface area contributed by atoms with Crippen LogP contribution in [0.2, 0.25) is 0 Å². The van der Waals surface area contributed by atoms with Gasteiger partial charge in [-0.25, -0.2) is 0 Å². The predicted octanol–water partition coefficient (Wildman–Crippen LogP) is 1.29. The first kappa shape index (κ1) is 19.3. The van der Waals surface area contributed by atoms with Gasteiger partial charge in [0.25, 0.3) is 0 Å². The Morgan fingerprint density at radius 1 is 0.875 bits per heavy atom. The highest BCUT2D eigenvalue weighted by molar-refractivity contribution is 5.48. The average molecular weight is 335 g/mol. The summed E-state index contributed by atoms with van der Waals surface area (Å²) in [5, 5.41) is 10.9. The van der Waals surface area contributed by atoms with Gasteiger partial charge in [0.2, 0.25) is 0 Å². The van der Waals surface area contributed by atoms with Crippen LogP contribution < -0.4 is 9.80 Å². The fourth-order valence-electron chi connectivity index (χ4n) is 3.59. The van der Waals surface area contributed by atoms with Gasteiger partial charge < -0.3 is 14.9 Å². The molecule has 0 atom stereocenters. The predicted molar refractivity (Wildman–Crippen MR) is 101 cm³/mol. The molecule has 0 saturated carbocycles. The minimum absolute atomic E-state index is 0.0412. The van der Waals surface area contributed by atoms with Crippen LogP contribution in [0, 0.1) is 0 Å². The monoisotopic (exact) mass is 334 g/mol. The van der Waals surface area contributed by atoms with Crippen molar-refractivity contribution in [2.75, 3.05) is 32.7 Å². The highest BCUT2D eigenvalue weighted by Gasteiger charge is 2.28. The third-order valence-corrected chi connectivity index (χ3v) is 5.47. The van der Waals surface area contributed by atoms with Crippen LogP contribution in [-0.4, -0.2) is 37.8 Å². The van der Waals surface area contributed by atoms with E-state index >= 15 is 0 Å². The van der Waals surface area contributed by atoms with Crippen LogP contribution in [0.4, 0.5) is 0 Å². The lowest BCUT2D eigenvalue weighted by atomic mass is 9.79. The maximum Gasteiger partial charge on any atom is 0.128 e. The molecule has 0 spiro atoms. The molecule has 0 bridgehead atoms. The fourth-order valence-corrected chi connectivity index (χ4v) is 3.59. The molecule has 0 unspecified atom stereocenters. The van der Waals surface area contributed by atoms with Gasteiger partial charge in [-0.2, -0.15) is 0 Å². The van der Waals surface area contributed by atoms with Gasteiger partial charge in [0.15, 0.2) is 0 Å². The molecular weight excluding hydrogens is 296 g/mol. The molecule has 0 radical (unpaired) electrons. The summed E-state index contributed by atoms with van der Waals surface area (Å²) in [6.45, 7) is 22.7. The molecule has 1 aromatic rings. The number of nitrogens with one attached hydrogen (secondary N) is 2. The minimum atomic E-state index is -0.0412. The van der Waals surface area contributed by atoms with Gasteiger partial charge in [0.05, 0.1) is 6.54 Å². The number of phenolic OH excluding ortho intramolecular Hbond substituents is 1. The van der Waals surface area contributed by atoms with Crippen molar-refractivity contribution in [3.63, 3.8) is 0 Å². The zero-order valence-electron chi connectivity index (χ0n) is 16.8. The van der Waals surface area contributed by atoms with Gasteiger partial charge in [-0.05, 0) is 29.4 Å². The van der Waals surface area contributed by atoms with Crippen molar-refractivity contribution < 1.29 is 14.9 Å². The number of likely N-dealkylation sites (N-methyl/N-ethyl adjacent to an activating group) is 1. The molecule has 1 aliphatic heterocycles. The van der Waals surface area contributed by atoms with E-state index in [1.807, 2.05) is 0 Å². The molecular formula is C21H38N2O+2. The topological polar surface area (TPSA) is 29.1 Å². The van der Waals surface area contributed by atoms with Crippen LogP contribution in [0.15, 0.2) is 12.1 Å². The summed E-state index contributed by atoms with van der Waals surface area (Å²) in [6.07, 6.45) is 0. The molecule has 3 heteroatoms. The number of hydrogen-bond donors (Lipinski definition) is 3. The van der Waals surface area contributed by atoms with Gasteiger partial charge in [-0.1, -0.05) is 47.6 Å². The SMILES string of the molecule is CC[NH+]1CC[NH+](Cc2cc(C(C)(C)C)cc(C(C)(C)C)c2O)CC1. The Kier molecular flexibility index (Phi) is 5.66. The van der Waals surface area contributed by atoms with Crippen molar-refractivity contribution in [1.29, 1.82) is 0 Å². The fraction of sp³-hybridized carbons (Fsp3) is 0.714. The molecule has 0 aromatic heterocycles. The Hall–Kier alpha value is -1.06. The van der Waals surface area contributed by atoms with Crippen LogP contribution in [-0.2, 0) is 17.4 Å². The number of rotatable bonds is 3. The summed E-state index contributed by atoms with van der Waals surface area (Å²) in [7, 11) is 0. The zero-order chi connectivity index (χ0) is 18.1. The molecule has 24 heavy (non-hydrogen) atoms. The van der Waals surface area contributed by atoms with E-state index in [1.165, 1.54) is 38.3 Å². The first-order valence-corrected chi connectivity index (χ1v) is 9.56. The lowest BCUT2D eigenvalue weighted by Crippen LogP contribution is -3.27. The number of aromatic hydroxyl groups is 1. The van der Waals surface area contributed by atoms with E-state index in [-0.39, 0.29) is 10.8 Å². The van der Waals surface area contributed by atoms with Crippen molar-refractivity contribution in [3.05, 3.63) is 28.8 Å². The van der Waals surface area contributed by atoms with Crippen LogP contribution in [0.25, 0.3) is 0 Å². The first-order chi connectivity index (χ1) is 11.0. The van der Waals surface area contributed by atoms with E-state index in [0.29, 0.717) is 5.75 Å². The Balaban J connectivity index is 2.31. The normalized spacial score (nSPS) is 22.6. The van der Waals surface area contributed by atoms with E-state index in [9.17, 15) is 5.11 Å². The Morgan fingerprint density at radius 2 is 1.42 bits per heavy atom. The van der Waals surface area contributed by atoms with Crippen LogP contribution in [0.5, 0.6) is 5.75 Å². The number of piperazine rings is 1. The van der Waals surface area contributed by atoms with Gasteiger partial charge in [0.1, 0.15) is 38.5 Å². The lowest BCUT2D eigenvalue weighted by Gasteiger charge is -2.31. The standard InChI is InChI=1S/C21H36N2O/c1-8-22-9-11-23(12-10-22)15-16-13-17(20(2,3)4)14-18(19(16)24)21(5,6)7/h13-14,24H,8-12,15H2,1-7H3/p+2. The summed E-state index contributed by atoms with van der Waals surface area (Å²) in [4.78, 5) is 3.32. The molecule has 1 aliphatic rings. The van der Waals surface area contributed by atoms with Crippen molar-refractivity contribution >= 4 is 0 Å². The van der Waals surface area contributed by atoms with E-state index in [2.05, 4.69) is 60.6 Å². The summed E-state index contributed by atoms with van der Waals surface area (Å²) in [6, 6.07) is 4.46. The molecule has 1 saturated heterocycles. The molecule has 1 aromatic carbocycles. The minimum Gasteiger partial charge on any atom is -0.507 e. The maximum atomic E-state index is 10.9. The second-order valence-corrected chi connectivity index (χ2v) is 9.56.